The van der Waals surface area contributed by atoms with Crippen molar-refractivity contribution in [1.82, 2.24) is 4.98 Å². The van der Waals surface area contributed by atoms with Gasteiger partial charge in [0.25, 0.3) is 0 Å². The molecule has 2 aromatic rings. The first-order valence-corrected chi connectivity index (χ1v) is 8.79. The molecule has 1 aliphatic rings. The largest absolute Gasteiger partial charge is 0.434 e. The Labute approximate surface area is 159 Å². The van der Waals surface area contributed by atoms with Crippen molar-refractivity contribution in [2.75, 3.05) is 4.90 Å². The molecule has 1 aliphatic heterocycles. The van der Waals surface area contributed by atoms with Crippen LogP contribution >= 0.6 is 0 Å². The van der Waals surface area contributed by atoms with Crippen molar-refractivity contribution < 1.29 is 17.6 Å². The third-order valence-corrected chi connectivity index (χ3v) is 4.79. The Morgan fingerprint density at radius 3 is 2.50 bits per heavy atom. The van der Waals surface area contributed by atoms with Crippen LogP contribution in [0.25, 0.3) is 0 Å². The number of fused-ring (bicyclic) bond motifs is 1. The molecule has 2 heterocycles. The van der Waals surface area contributed by atoms with Gasteiger partial charge in [-0.3, -0.25) is 0 Å². The van der Waals surface area contributed by atoms with Crippen molar-refractivity contribution in [1.29, 1.82) is 10.5 Å². The molecule has 28 heavy (non-hydrogen) atoms. The van der Waals surface area contributed by atoms with E-state index in [1.165, 1.54) is 6.07 Å². The highest BCUT2D eigenvalue weighted by Gasteiger charge is 2.37. The van der Waals surface area contributed by atoms with Gasteiger partial charge in [0.15, 0.2) is 5.69 Å². The van der Waals surface area contributed by atoms with E-state index in [1.807, 2.05) is 13.0 Å². The standard InChI is InChI=1S/C20H16F4N4/c1-2-3-16-5-4-12-6-15(21)7-13(9-25)18(12)28(16)17-8-14(10-26)19(27-11-17)20(22,23)24/h6-8,11,16H,2-5H2,1H3. The van der Waals surface area contributed by atoms with Crippen molar-refractivity contribution in [2.24, 2.45) is 0 Å². The summed E-state index contributed by atoms with van der Waals surface area (Å²) in [6, 6.07) is 7.03. The van der Waals surface area contributed by atoms with E-state index < -0.39 is 23.3 Å². The maximum atomic E-state index is 13.9. The monoisotopic (exact) mass is 388 g/mol. The van der Waals surface area contributed by atoms with E-state index in [1.54, 1.807) is 11.0 Å². The minimum absolute atomic E-state index is 0.0971. The number of benzene rings is 1. The topological polar surface area (TPSA) is 63.7 Å². The van der Waals surface area contributed by atoms with E-state index in [-0.39, 0.29) is 17.3 Å². The van der Waals surface area contributed by atoms with Crippen LogP contribution in [0, 0.1) is 28.5 Å². The molecular weight excluding hydrogens is 372 g/mol. The van der Waals surface area contributed by atoms with Crippen LogP contribution in [0.5, 0.6) is 0 Å². The Kier molecular flexibility index (Phi) is 5.24. The van der Waals surface area contributed by atoms with Gasteiger partial charge in [-0.25, -0.2) is 9.37 Å². The maximum absolute atomic E-state index is 13.9. The fraction of sp³-hybridized carbons (Fsp3) is 0.350. The molecule has 0 saturated carbocycles. The molecule has 1 atom stereocenters. The number of anilines is 2. The Morgan fingerprint density at radius 2 is 1.89 bits per heavy atom. The minimum Gasteiger partial charge on any atom is -0.336 e. The third kappa shape index (κ3) is 3.50. The van der Waals surface area contributed by atoms with Crippen LogP contribution < -0.4 is 4.90 Å². The van der Waals surface area contributed by atoms with Crippen LogP contribution in [0.3, 0.4) is 0 Å². The number of rotatable bonds is 3. The van der Waals surface area contributed by atoms with Gasteiger partial charge >= 0.3 is 6.18 Å². The summed E-state index contributed by atoms with van der Waals surface area (Å²) in [5.74, 6) is -0.535. The van der Waals surface area contributed by atoms with Gasteiger partial charge in [-0.15, -0.1) is 0 Å². The molecule has 0 saturated heterocycles. The predicted octanol–water partition coefficient (Wildman–Crippen LogP) is 5.24. The van der Waals surface area contributed by atoms with Crippen molar-refractivity contribution >= 4 is 11.4 Å². The van der Waals surface area contributed by atoms with Crippen LogP contribution in [-0.2, 0) is 12.6 Å². The number of pyridine rings is 1. The first-order valence-electron chi connectivity index (χ1n) is 8.79. The van der Waals surface area contributed by atoms with Crippen LogP contribution in [0.2, 0.25) is 0 Å². The summed E-state index contributed by atoms with van der Waals surface area (Å²) in [5, 5.41) is 18.7. The van der Waals surface area contributed by atoms with Gasteiger partial charge in [0.2, 0.25) is 0 Å². The minimum atomic E-state index is -4.74. The number of halogens is 4. The summed E-state index contributed by atoms with van der Waals surface area (Å²) in [5.41, 5.74) is -0.363. The highest BCUT2D eigenvalue weighted by Crippen LogP contribution is 2.42. The Balaban J connectivity index is 2.22. The third-order valence-electron chi connectivity index (χ3n) is 4.79. The number of hydrogen-bond acceptors (Lipinski definition) is 4. The summed E-state index contributed by atoms with van der Waals surface area (Å²) >= 11 is 0. The van der Waals surface area contributed by atoms with Crippen molar-refractivity contribution in [3.8, 4) is 12.1 Å². The van der Waals surface area contributed by atoms with E-state index in [9.17, 15) is 28.1 Å². The van der Waals surface area contributed by atoms with Crippen molar-refractivity contribution in [3.05, 3.63) is 52.6 Å². The average Bonchev–Trinajstić information content (AvgIpc) is 2.66. The van der Waals surface area contributed by atoms with E-state index in [4.69, 9.17) is 0 Å². The second kappa shape index (κ2) is 7.47. The number of aromatic nitrogens is 1. The SMILES string of the molecule is CCCC1CCc2cc(F)cc(C#N)c2N1c1cnc(C(F)(F)F)c(C#N)c1. The number of nitrogens with zero attached hydrogens (tertiary/aromatic N) is 4. The van der Waals surface area contributed by atoms with Crippen LogP contribution in [0.15, 0.2) is 24.4 Å². The number of aryl methyl sites for hydroxylation is 1. The van der Waals surface area contributed by atoms with Crippen molar-refractivity contribution in [2.45, 2.75) is 44.8 Å². The second-order valence-corrected chi connectivity index (χ2v) is 6.62. The molecule has 0 amide bonds. The molecule has 4 nitrogen and oxygen atoms in total. The maximum Gasteiger partial charge on any atom is 0.434 e. The molecule has 1 aromatic carbocycles. The smallest absolute Gasteiger partial charge is 0.336 e. The molecule has 0 bridgehead atoms. The lowest BCUT2D eigenvalue weighted by Gasteiger charge is -2.39. The lowest BCUT2D eigenvalue weighted by atomic mass is 9.90. The fourth-order valence-electron chi connectivity index (χ4n) is 3.69. The Morgan fingerprint density at radius 1 is 1.18 bits per heavy atom. The van der Waals surface area contributed by atoms with E-state index in [2.05, 4.69) is 4.98 Å². The zero-order valence-corrected chi connectivity index (χ0v) is 15.0. The fourth-order valence-corrected chi connectivity index (χ4v) is 3.69. The molecular formula is C20H16F4N4. The quantitative estimate of drug-likeness (QED) is 0.675. The molecule has 0 radical (unpaired) electrons. The normalized spacial score (nSPS) is 16.2. The second-order valence-electron chi connectivity index (χ2n) is 6.62. The van der Waals surface area contributed by atoms with Gasteiger partial charge in [0.1, 0.15) is 18.0 Å². The molecule has 0 N–H and O–H groups in total. The zero-order chi connectivity index (χ0) is 20.5. The van der Waals surface area contributed by atoms with Crippen LogP contribution in [0.4, 0.5) is 28.9 Å². The van der Waals surface area contributed by atoms with E-state index in [0.717, 1.165) is 31.2 Å². The molecule has 8 heteroatoms. The molecule has 1 aromatic heterocycles. The molecule has 1 unspecified atom stereocenters. The average molecular weight is 388 g/mol. The van der Waals surface area contributed by atoms with Gasteiger partial charge in [-0.1, -0.05) is 13.3 Å². The van der Waals surface area contributed by atoms with Crippen molar-refractivity contribution in [3.63, 3.8) is 0 Å². The highest BCUT2D eigenvalue weighted by molar-refractivity contribution is 5.75. The summed E-state index contributed by atoms with van der Waals surface area (Å²) < 4.78 is 53.2. The van der Waals surface area contributed by atoms with Gasteiger partial charge in [-0.05, 0) is 43.0 Å². The van der Waals surface area contributed by atoms with Gasteiger partial charge in [0.05, 0.1) is 28.7 Å². The van der Waals surface area contributed by atoms with Gasteiger partial charge < -0.3 is 4.90 Å². The summed E-state index contributed by atoms with van der Waals surface area (Å²) in [7, 11) is 0. The van der Waals surface area contributed by atoms with Gasteiger partial charge in [0, 0.05) is 6.04 Å². The highest BCUT2D eigenvalue weighted by atomic mass is 19.4. The molecule has 0 aliphatic carbocycles. The molecule has 0 spiro atoms. The summed E-state index contributed by atoms with van der Waals surface area (Å²) in [6.45, 7) is 1.98. The lowest BCUT2D eigenvalue weighted by molar-refractivity contribution is -0.141. The number of hydrogen-bond donors (Lipinski definition) is 0. The first kappa shape index (κ1) is 19.6. The molecule has 3 rings (SSSR count). The van der Waals surface area contributed by atoms with E-state index in [0.29, 0.717) is 24.1 Å². The lowest BCUT2D eigenvalue weighted by Crippen LogP contribution is -2.36. The number of alkyl halides is 3. The predicted molar refractivity (Wildman–Crippen MR) is 94.2 cm³/mol. The first-order chi connectivity index (χ1) is 13.3. The molecule has 144 valence electrons. The number of nitriles is 2. The zero-order valence-electron chi connectivity index (χ0n) is 15.0. The summed E-state index contributed by atoms with van der Waals surface area (Å²) in [4.78, 5) is 5.22. The van der Waals surface area contributed by atoms with E-state index >= 15 is 0 Å². The van der Waals surface area contributed by atoms with Crippen LogP contribution in [-0.4, -0.2) is 11.0 Å². The summed E-state index contributed by atoms with van der Waals surface area (Å²) in [6.07, 6.45) is -0.928. The Hall–Kier alpha value is -3.13. The van der Waals surface area contributed by atoms with Gasteiger partial charge in [-0.2, -0.15) is 23.7 Å². The Bertz CT molecular complexity index is 985. The van der Waals surface area contributed by atoms with Crippen LogP contribution in [0.1, 0.15) is 48.6 Å². The molecule has 0 fully saturated rings.